The Morgan fingerprint density at radius 1 is 0.667 bits per heavy atom. The number of nitro benzene ring substituents is 1. The van der Waals surface area contributed by atoms with Gasteiger partial charge in [-0.05, 0) is 47.5 Å². The van der Waals surface area contributed by atoms with Crippen molar-refractivity contribution >= 4 is 16.9 Å². The van der Waals surface area contributed by atoms with Crippen LogP contribution in [0.2, 0.25) is 0 Å². The second kappa shape index (κ2) is 11.4. The zero-order valence-corrected chi connectivity index (χ0v) is 20.1. The van der Waals surface area contributed by atoms with Crippen molar-refractivity contribution in [1.82, 2.24) is 0 Å². The third-order valence-corrected chi connectivity index (χ3v) is 5.50. The molecule has 0 saturated carbocycles. The van der Waals surface area contributed by atoms with Crippen LogP contribution in [0.3, 0.4) is 0 Å². The molecule has 0 radical (unpaired) electrons. The molecule has 0 unspecified atom stereocenters. The molecule has 0 aromatic heterocycles. The van der Waals surface area contributed by atoms with E-state index in [0.717, 1.165) is 28.0 Å². The molecule has 0 spiro atoms. The van der Waals surface area contributed by atoms with Crippen molar-refractivity contribution < 1.29 is 4.92 Å². The Balaban J connectivity index is 1.87. The fourth-order valence-corrected chi connectivity index (χ4v) is 3.60. The summed E-state index contributed by atoms with van der Waals surface area (Å²) in [4.78, 5) is 12.6. The average Bonchev–Trinajstić information content (AvgIpc) is 2.91. The van der Waals surface area contributed by atoms with Gasteiger partial charge in [0, 0.05) is 48.6 Å². The van der Waals surface area contributed by atoms with Crippen LogP contribution in [0.5, 0.6) is 0 Å². The first-order chi connectivity index (χ1) is 17.5. The van der Waals surface area contributed by atoms with Crippen molar-refractivity contribution in [3.8, 4) is 23.7 Å². The van der Waals surface area contributed by atoms with E-state index in [0.29, 0.717) is 11.1 Å². The van der Waals surface area contributed by atoms with Crippen LogP contribution >= 0.6 is 0 Å². The van der Waals surface area contributed by atoms with Gasteiger partial charge in [-0.3, -0.25) is 10.1 Å². The minimum absolute atomic E-state index is 0.0338. The molecule has 174 valence electrons. The van der Waals surface area contributed by atoms with Crippen LogP contribution in [0.4, 0.5) is 11.4 Å². The van der Waals surface area contributed by atoms with E-state index < -0.39 is 4.92 Å². The molecule has 0 atom stereocenters. The molecule has 0 aliphatic carbocycles. The molecule has 4 heteroatoms. The highest BCUT2D eigenvalue weighted by Gasteiger charge is 2.10. The Bertz CT molecular complexity index is 1460. The Hall–Kier alpha value is -5.06. The molecule has 0 aliphatic rings. The molecular formula is C32H24N2O2. The quantitative estimate of drug-likeness (QED) is 0.193. The van der Waals surface area contributed by atoms with E-state index in [1.54, 1.807) is 12.1 Å². The molecular weight excluding hydrogens is 444 g/mol. The van der Waals surface area contributed by atoms with Crippen molar-refractivity contribution in [3.05, 3.63) is 147 Å². The number of allylic oxidation sites excluding steroid dienone is 1. The van der Waals surface area contributed by atoms with Gasteiger partial charge < -0.3 is 4.90 Å². The molecule has 0 bridgehead atoms. The maximum atomic E-state index is 11.0. The summed E-state index contributed by atoms with van der Waals surface area (Å²) in [6.07, 6.45) is 0. The molecule has 4 aromatic rings. The first-order valence-corrected chi connectivity index (χ1v) is 11.4. The van der Waals surface area contributed by atoms with Gasteiger partial charge in [-0.2, -0.15) is 0 Å². The lowest BCUT2D eigenvalue weighted by Gasteiger charge is -2.11. The fourth-order valence-electron chi connectivity index (χ4n) is 3.60. The third-order valence-electron chi connectivity index (χ3n) is 5.50. The van der Waals surface area contributed by atoms with E-state index in [-0.39, 0.29) is 5.69 Å². The molecule has 0 fully saturated rings. The zero-order chi connectivity index (χ0) is 25.3. The van der Waals surface area contributed by atoms with Gasteiger partial charge in [0.15, 0.2) is 0 Å². The summed E-state index contributed by atoms with van der Waals surface area (Å²) in [7, 11) is 4.00. The minimum Gasteiger partial charge on any atom is -0.378 e. The number of benzene rings is 4. The van der Waals surface area contributed by atoms with Crippen LogP contribution in [-0.2, 0) is 0 Å². The van der Waals surface area contributed by atoms with E-state index >= 15 is 0 Å². The molecule has 36 heavy (non-hydrogen) atoms. The lowest BCUT2D eigenvalue weighted by atomic mass is 9.93. The average molecular weight is 469 g/mol. The van der Waals surface area contributed by atoms with Crippen LogP contribution in [0.15, 0.2) is 115 Å². The lowest BCUT2D eigenvalue weighted by Crippen LogP contribution is -2.07. The van der Waals surface area contributed by atoms with Crippen LogP contribution < -0.4 is 4.90 Å². The standard InChI is InChI=1S/C32H24N2O2/c1-33(2)30-21-15-25(16-22-30)13-19-29(20-14-26-17-23-31(24-18-26)34(35)36)32(27-9-5-3-6-10-27)28-11-7-4-8-12-28/h3-12,15-18,21-24H,1-2H3. The minimum atomic E-state index is -0.418. The number of nitro groups is 1. The second-order valence-electron chi connectivity index (χ2n) is 8.23. The molecule has 0 saturated heterocycles. The van der Waals surface area contributed by atoms with E-state index in [9.17, 15) is 10.1 Å². The van der Waals surface area contributed by atoms with Crippen LogP contribution in [0, 0.1) is 33.8 Å². The largest absolute Gasteiger partial charge is 0.378 e. The SMILES string of the molecule is CN(C)c1ccc(C#CC(C#Cc2ccc([N+](=O)[O-])cc2)=C(c2ccccc2)c2ccccc2)cc1. The second-order valence-corrected chi connectivity index (χ2v) is 8.23. The highest BCUT2D eigenvalue weighted by atomic mass is 16.6. The monoisotopic (exact) mass is 468 g/mol. The third kappa shape index (κ3) is 6.08. The van der Waals surface area contributed by atoms with Gasteiger partial charge in [-0.1, -0.05) is 84.3 Å². The van der Waals surface area contributed by atoms with E-state index in [2.05, 4.69) is 23.7 Å². The summed E-state index contributed by atoms with van der Waals surface area (Å²) < 4.78 is 0. The Kier molecular flexibility index (Phi) is 7.61. The van der Waals surface area contributed by atoms with E-state index in [1.807, 2.05) is 104 Å². The number of hydrogen-bond acceptors (Lipinski definition) is 3. The number of nitrogens with zero attached hydrogens (tertiary/aromatic N) is 2. The summed E-state index contributed by atoms with van der Waals surface area (Å²) in [5.74, 6) is 13.0. The maximum absolute atomic E-state index is 11.0. The molecule has 4 aromatic carbocycles. The summed E-state index contributed by atoms with van der Waals surface area (Å²) in [6, 6.07) is 34.4. The van der Waals surface area contributed by atoms with E-state index in [4.69, 9.17) is 0 Å². The van der Waals surface area contributed by atoms with Crippen LogP contribution in [-0.4, -0.2) is 19.0 Å². The highest BCUT2D eigenvalue weighted by Crippen LogP contribution is 2.27. The van der Waals surface area contributed by atoms with Crippen molar-refractivity contribution in [2.75, 3.05) is 19.0 Å². The number of non-ortho nitro benzene ring substituents is 1. The molecule has 0 aliphatic heterocycles. The zero-order valence-electron chi connectivity index (χ0n) is 20.1. The summed E-state index contributed by atoms with van der Waals surface area (Å²) in [5.41, 5.74) is 6.31. The fraction of sp³-hybridized carbons (Fsp3) is 0.0625. The normalized spacial score (nSPS) is 9.72. The highest BCUT2D eigenvalue weighted by molar-refractivity contribution is 5.88. The van der Waals surface area contributed by atoms with E-state index in [1.165, 1.54) is 12.1 Å². The molecule has 4 rings (SSSR count). The first kappa shape index (κ1) is 24.1. The molecule has 0 amide bonds. The number of anilines is 1. The number of rotatable bonds is 4. The van der Waals surface area contributed by atoms with Gasteiger partial charge in [-0.15, -0.1) is 0 Å². The van der Waals surface area contributed by atoms with Gasteiger partial charge in [-0.25, -0.2) is 0 Å². The molecule has 4 nitrogen and oxygen atoms in total. The molecule has 0 N–H and O–H groups in total. The smallest absolute Gasteiger partial charge is 0.269 e. The molecule has 0 heterocycles. The topological polar surface area (TPSA) is 46.4 Å². The van der Waals surface area contributed by atoms with Gasteiger partial charge in [0.25, 0.3) is 5.69 Å². The van der Waals surface area contributed by atoms with Gasteiger partial charge >= 0.3 is 0 Å². The van der Waals surface area contributed by atoms with Gasteiger partial charge in [0.2, 0.25) is 0 Å². The van der Waals surface area contributed by atoms with Crippen molar-refractivity contribution in [2.24, 2.45) is 0 Å². The lowest BCUT2D eigenvalue weighted by molar-refractivity contribution is -0.384. The maximum Gasteiger partial charge on any atom is 0.269 e. The van der Waals surface area contributed by atoms with Crippen molar-refractivity contribution in [2.45, 2.75) is 0 Å². The predicted molar refractivity (Wildman–Crippen MR) is 147 cm³/mol. The summed E-state index contributed by atoms with van der Waals surface area (Å²) in [5, 5.41) is 11.0. The number of hydrogen-bond donors (Lipinski definition) is 0. The first-order valence-electron chi connectivity index (χ1n) is 11.4. The van der Waals surface area contributed by atoms with Crippen LogP contribution in [0.25, 0.3) is 5.57 Å². The van der Waals surface area contributed by atoms with Gasteiger partial charge in [0.05, 0.1) is 10.5 Å². The van der Waals surface area contributed by atoms with Crippen LogP contribution in [0.1, 0.15) is 22.3 Å². The van der Waals surface area contributed by atoms with Gasteiger partial charge in [0.1, 0.15) is 0 Å². The Morgan fingerprint density at radius 3 is 1.53 bits per heavy atom. The van der Waals surface area contributed by atoms with Crippen molar-refractivity contribution in [1.29, 1.82) is 0 Å². The Morgan fingerprint density at radius 2 is 1.11 bits per heavy atom. The van der Waals surface area contributed by atoms with Crippen molar-refractivity contribution in [3.63, 3.8) is 0 Å². The predicted octanol–water partition coefficient (Wildman–Crippen LogP) is 6.57. The Labute approximate surface area is 211 Å². The summed E-state index contributed by atoms with van der Waals surface area (Å²) >= 11 is 0. The summed E-state index contributed by atoms with van der Waals surface area (Å²) in [6.45, 7) is 0.